The maximum atomic E-state index is 13.4. The van der Waals surface area contributed by atoms with Gasteiger partial charge in [-0.15, -0.1) is 11.3 Å². The lowest BCUT2D eigenvalue weighted by Crippen LogP contribution is -2.21. The van der Waals surface area contributed by atoms with Crippen LogP contribution in [0.25, 0.3) is 0 Å². The molecular weight excluding hydrogens is 268 g/mol. The zero-order valence-corrected chi connectivity index (χ0v) is 11.6. The molecule has 1 aromatic carbocycles. The van der Waals surface area contributed by atoms with Crippen molar-refractivity contribution in [1.29, 1.82) is 0 Å². The normalized spacial score (nSPS) is 12.4. The molecule has 2 rings (SSSR count). The van der Waals surface area contributed by atoms with E-state index in [0.29, 0.717) is 12.1 Å². The van der Waals surface area contributed by atoms with E-state index in [4.69, 9.17) is 4.74 Å². The number of ether oxygens (including phenoxy) is 1. The topological polar surface area (TPSA) is 21.3 Å². The lowest BCUT2D eigenvalue weighted by atomic mass is 10.0. The first-order chi connectivity index (χ1) is 9.15. The summed E-state index contributed by atoms with van der Waals surface area (Å²) >= 11 is 1.50. The van der Waals surface area contributed by atoms with Gasteiger partial charge in [0.05, 0.1) is 18.0 Å². The molecule has 0 aliphatic carbocycles. The van der Waals surface area contributed by atoms with Gasteiger partial charge in [-0.25, -0.2) is 8.78 Å². The van der Waals surface area contributed by atoms with E-state index in [1.165, 1.54) is 23.5 Å². The molecule has 0 spiro atoms. The third-order valence-electron chi connectivity index (χ3n) is 2.77. The van der Waals surface area contributed by atoms with Crippen molar-refractivity contribution < 1.29 is 13.5 Å². The van der Waals surface area contributed by atoms with Gasteiger partial charge in [0.1, 0.15) is 17.4 Å². The fourth-order valence-electron chi connectivity index (χ4n) is 2.00. The maximum absolute atomic E-state index is 13.4. The average Bonchev–Trinajstić information content (AvgIpc) is 2.82. The van der Waals surface area contributed by atoms with Crippen LogP contribution in [0.4, 0.5) is 8.78 Å². The van der Waals surface area contributed by atoms with Gasteiger partial charge in [0.2, 0.25) is 0 Å². The van der Waals surface area contributed by atoms with Crippen LogP contribution in [0.15, 0.2) is 29.6 Å². The Morgan fingerprint density at radius 1 is 1.26 bits per heavy atom. The van der Waals surface area contributed by atoms with E-state index in [9.17, 15) is 8.78 Å². The van der Waals surface area contributed by atoms with Gasteiger partial charge in [-0.3, -0.25) is 0 Å². The Balaban J connectivity index is 2.45. The molecule has 0 radical (unpaired) electrons. The Morgan fingerprint density at radius 3 is 2.53 bits per heavy atom. The SMILES string of the molecule is CCNC(c1cc(F)cc(F)c1)c1sccc1OC. The molecule has 1 aromatic heterocycles. The Bertz CT molecular complexity index is 536. The summed E-state index contributed by atoms with van der Waals surface area (Å²) in [6.07, 6.45) is 0. The Labute approximate surface area is 115 Å². The summed E-state index contributed by atoms with van der Waals surface area (Å²) in [5.74, 6) is -0.428. The van der Waals surface area contributed by atoms with Crippen molar-refractivity contribution in [2.45, 2.75) is 13.0 Å². The molecule has 0 amide bonds. The van der Waals surface area contributed by atoms with E-state index in [-0.39, 0.29) is 6.04 Å². The predicted octanol–water partition coefficient (Wildman–Crippen LogP) is 3.73. The van der Waals surface area contributed by atoms with Crippen molar-refractivity contribution in [2.24, 2.45) is 0 Å². The van der Waals surface area contributed by atoms with Gasteiger partial charge in [-0.1, -0.05) is 6.92 Å². The summed E-state index contributed by atoms with van der Waals surface area (Å²) < 4.78 is 32.0. The minimum Gasteiger partial charge on any atom is -0.496 e. The number of hydrogen-bond acceptors (Lipinski definition) is 3. The number of thiophene rings is 1. The maximum Gasteiger partial charge on any atom is 0.134 e. The van der Waals surface area contributed by atoms with Gasteiger partial charge in [0.25, 0.3) is 0 Å². The first kappa shape index (κ1) is 14.0. The van der Waals surface area contributed by atoms with Gasteiger partial charge in [-0.2, -0.15) is 0 Å². The van der Waals surface area contributed by atoms with E-state index in [1.54, 1.807) is 7.11 Å². The molecule has 0 fully saturated rings. The van der Waals surface area contributed by atoms with Gasteiger partial charge < -0.3 is 10.1 Å². The van der Waals surface area contributed by atoms with Crippen molar-refractivity contribution in [3.05, 3.63) is 51.7 Å². The molecular formula is C14H15F2NOS. The van der Waals surface area contributed by atoms with Crippen LogP contribution in [0.5, 0.6) is 5.75 Å². The smallest absolute Gasteiger partial charge is 0.134 e. The lowest BCUT2D eigenvalue weighted by molar-refractivity contribution is 0.407. The second-order valence-corrected chi connectivity index (χ2v) is 4.99. The second kappa shape index (κ2) is 6.12. The number of nitrogens with one attached hydrogen (secondary N) is 1. The van der Waals surface area contributed by atoms with Gasteiger partial charge in [0.15, 0.2) is 0 Å². The highest BCUT2D eigenvalue weighted by Gasteiger charge is 2.20. The molecule has 0 aliphatic rings. The minimum atomic E-state index is -0.576. The molecule has 5 heteroatoms. The van der Waals surface area contributed by atoms with Crippen LogP contribution in [0.2, 0.25) is 0 Å². The van der Waals surface area contributed by atoms with Crippen molar-refractivity contribution in [2.75, 3.05) is 13.7 Å². The summed E-state index contributed by atoms with van der Waals surface area (Å²) in [4.78, 5) is 0.911. The third-order valence-corrected chi connectivity index (χ3v) is 3.73. The van der Waals surface area contributed by atoms with Gasteiger partial charge in [-0.05, 0) is 35.7 Å². The van der Waals surface area contributed by atoms with Crippen LogP contribution in [-0.4, -0.2) is 13.7 Å². The zero-order chi connectivity index (χ0) is 13.8. The van der Waals surface area contributed by atoms with Crippen molar-refractivity contribution >= 4 is 11.3 Å². The van der Waals surface area contributed by atoms with Crippen LogP contribution in [-0.2, 0) is 0 Å². The van der Waals surface area contributed by atoms with E-state index in [0.717, 1.165) is 16.7 Å². The molecule has 19 heavy (non-hydrogen) atoms. The summed E-state index contributed by atoms with van der Waals surface area (Å²) in [7, 11) is 1.58. The highest BCUT2D eigenvalue weighted by Crippen LogP contribution is 2.35. The lowest BCUT2D eigenvalue weighted by Gasteiger charge is -2.18. The minimum absolute atomic E-state index is 0.273. The van der Waals surface area contributed by atoms with Crippen LogP contribution in [0.1, 0.15) is 23.4 Å². The summed E-state index contributed by atoms with van der Waals surface area (Å²) in [6.45, 7) is 2.63. The van der Waals surface area contributed by atoms with Gasteiger partial charge >= 0.3 is 0 Å². The summed E-state index contributed by atoms with van der Waals surface area (Å²) in [5.41, 5.74) is 0.556. The Morgan fingerprint density at radius 2 is 1.95 bits per heavy atom. The highest BCUT2D eigenvalue weighted by molar-refractivity contribution is 7.10. The molecule has 102 valence electrons. The van der Waals surface area contributed by atoms with Crippen molar-refractivity contribution in [1.82, 2.24) is 5.32 Å². The van der Waals surface area contributed by atoms with E-state index < -0.39 is 11.6 Å². The highest BCUT2D eigenvalue weighted by atomic mass is 32.1. The van der Waals surface area contributed by atoms with Crippen LogP contribution >= 0.6 is 11.3 Å². The fourth-order valence-corrected chi connectivity index (χ4v) is 2.96. The molecule has 0 saturated heterocycles. The molecule has 1 N–H and O–H groups in total. The first-order valence-corrected chi connectivity index (χ1v) is 6.84. The van der Waals surface area contributed by atoms with Crippen LogP contribution < -0.4 is 10.1 Å². The van der Waals surface area contributed by atoms with E-state index in [2.05, 4.69) is 5.32 Å². The third kappa shape index (κ3) is 3.11. The number of hydrogen-bond donors (Lipinski definition) is 1. The standard InChI is InChI=1S/C14H15F2NOS/c1-3-17-13(14-12(18-2)4-5-19-14)9-6-10(15)8-11(16)7-9/h4-8,13,17H,3H2,1-2H3. The van der Waals surface area contributed by atoms with E-state index >= 15 is 0 Å². The number of halogens is 2. The number of benzene rings is 1. The van der Waals surface area contributed by atoms with Crippen LogP contribution in [0.3, 0.4) is 0 Å². The average molecular weight is 283 g/mol. The number of methoxy groups -OCH3 is 1. The van der Waals surface area contributed by atoms with Crippen LogP contribution in [0, 0.1) is 11.6 Å². The fraction of sp³-hybridized carbons (Fsp3) is 0.286. The van der Waals surface area contributed by atoms with Gasteiger partial charge in [0, 0.05) is 6.07 Å². The molecule has 2 aromatic rings. The molecule has 0 saturated carbocycles. The second-order valence-electron chi connectivity index (χ2n) is 4.05. The summed E-state index contributed by atoms with van der Waals surface area (Å²) in [5, 5.41) is 5.12. The molecule has 1 atom stereocenters. The Kier molecular flexibility index (Phi) is 4.50. The van der Waals surface area contributed by atoms with Crippen molar-refractivity contribution in [3.8, 4) is 5.75 Å². The summed E-state index contributed by atoms with van der Waals surface area (Å²) in [6, 6.07) is 5.13. The molecule has 0 bridgehead atoms. The van der Waals surface area contributed by atoms with Crippen molar-refractivity contribution in [3.63, 3.8) is 0 Å². The molecule has 2 nitrogen and oxygen atoms in total. The quantitative estimate of drug-likeness (QED) is 0.902. The number of rotatable bonds is 5. The predicted molar refractivity (Wildman–Crippen MR) is 72.7 cm³/mol. The molecule has 0 aliphatic heterocycles. The monoisotopic (exact) mass is 283 g/mol. The zero-order valence-electron chi connectivity index (χ0n) is 10.7. The molecule has 1 unspecified atom stereocenters. The largest absolute Gasteiger partial charge is 0.496 e. The first-order valence-electron chi connectivity index (χ1n) is 5.96. The van der Waals surface area contributed by atoms with E-state index in [1.807, 2.05) is 18.4 Å². The molecule has 1 heterocycles. The Hall–Kier alpha value is -1.46.